The number of carboxylic acids is 1. The molecule has 0 aromatic heterocycles. The van der Waals surface area contributed by atoms with E-state index >= 15 is 0 Å². The zero-order valence-corrected chi connectivity index (χ0v) is 16.6. The fourth-order valence-electron chi connectivity index (χ4n) is 2.24. The lowest BCUT2D eigenvalue weighted by molar-refractivity contribution is -0.145. The van der Waals surface area contributed by atoms with Crippen LogP contribution < -0.4 is 27.4 Å². The van der Waals surface area contributed by atoms with Crippen LogP contribution in [0.1, 0.15) is 40.0 Å². The Morgan fingerprint density at radius 1 is 1.00 bits per heavy atom. The average molecular weight is 403 g/mol. The Morgan fingerprint density at radius 3 is 2.07 bits per heavy atom. The lowest BCUT2D eigenvalue weighted by Gasteiger charge is -2.23. The lowest BCUT2D eigenvalue weighted by atomic mass is 10.1. The van der Waals surface area contributed by atoms with E-state index in [1.54, 1.807) is 13.8 Å². The topological polar surface area (TPSA) is 197 Å². The van der Waals surface area contributed by atoms with E-state index in [-0.39, 0.29) is 18.9 Å². The molecule has 0 rings (SSSR count). The highest BCUT2D eigenvalue weighted by Crippen LogP contribution is 2.03. The zero-order chi connectivity index (χ0) is 21.9. The van der Waals surface area contributed by atoms with Gasteiger partial charge in [0.15, 0.2) is 6.04 Å². The van der Waals surface area contributed by atoms with Gasteiger partial charge in [-0.1, -0.05) is 13.8 Å². The van der Waals surface area contributed by atoms with E-state index in [0.29, 0.717) is 19.4 Å². The van der Waals surface area contributed by atoms with Gasteiger partial charge in [-0.25, -0.2) is 4.79 Å². The summed E-state index contributed by atoms with van der Waals surface area (Å²) in [7, 11) is 0. The predicted octanol–water partition coefficient (Wildman–Crippen LogP) is -2.35. The minimum absolute atomic E-state index is 0.105. The molecule has 0 fully saturated rings. The molecule has 0 aliphatic rings. The number of nitrogens with one attached hydrogen (secondary N) is 3. The minimum atomic E-state index is -1.51. The fourth-order valence-corrected chi connectivity index (χ4v) is 2.24. The molecular weight excluding hydrogens is 370 g/mol. The number of nitrogens with two attached hydrogens (primary N) is 2. The summed E-state index contributed by atoms with van der Waals surface area (Å²) in [6.07, 6.45) is 0.0311. The number of carbonyl (C=O) groups excluding carboxylic acids is 3. The van der Waals surface area contributed by atoms with Crippen LogP contribution in [0.3, 0.4) is 0 Å². The number of unbranched alkanes of at least 4 members (excludes halogenated alkanes) is 1. The lowest BCUT2D eigenvalue weighted by Crippen LogP contribution is -2.56. The molecule has 0 spiro atoms. The molecule has 0 aliphatic carbocycles. The van der Waals surface area contributed by atoms with Crippen molar-refractivity contribution >= 4 is 23.7 Å². The number of aliphatic hydroxyl groups is 1. The quantitative estimate of drug-likeness (QED) is 0.166. The molecule has 162 valence electrons. The number of amides is 3. The Bertz CT molecular complexity index is 540. The van der Waals surface area contributed by atoms with Crippen LogP contribution in [0.2, 0.25) is 0 Å². The molecule has 0 heterocycles. The maximum absolute atomic E-state index is 12.4. The first-order valence-corrected chi connectivity index (χ1v) is 9.25. The van der Waals surface area contributed by atoms with E-state index < -0.39 is 47.9 Å². The van der Waals surface area contributed by atoms with E-state index in [1.807, 2.05) is 0 Å². The number of aliphatic hydroxyl groups excluding tert-OH is 1. The normalized spacial score (nSPS) is 15.2. The highest BCUT2D eigenvalue weighted by atomic mass is 16.4. The number of aliphatic carboxylic acids is 1. The Balaban J connectivity index is 4.90. The molecule has 4 unspecified atom stereocenters. The van der Waals surface area contributed by atoms with E-state index in [4.69, 9.17) is 16.6 Å². The van der Waals surface area contributed by atoms with Crippen LogP contribution in [0, 0.1) is 5.92 Å². The Hall–Kier alpha value is -2.24. The van der Waals surface area contributed by atoms with Crippen molar-refractivity contribution in [3.8, 4) is 0 Å². The molecule has 4 atom stereocenters. The number of hydrogen-bond acceptors (Lipinski definition) is 7. The zero-order valence-electron chi connectivity index (χ0n) is 16.6. The molecule has 0 bridgehead atoms. The van der Waals surface area contributed by atoms with E-state index in [0.717, 1.165) is 0 Å². The first-order valence-electron chi connectivity index (χ1n) is 9.25. The molecule has 11 heteroatoms. The third-order valence-electron chi connectivity index (χ3n) is 4.09. The van der Waals surface area contributed by atoms with Gasteiger partial charge in [-0.05, 0) is 38.6 Å². The van der Waals surface area contributed by atoms with Crippen molar-refractivity contribution in [2.45, 2.75) is 64.3 Å². The van der Waals surface area contributed by atoms with Crippen LogP contribution in [0.15, 0.2) is 0 Å². The van der Waals surface area contributed by atoms with Gasteiger partial charge in [-0.3, -0.25) is 14.4 Å². The van der Waals surface area contributed by atoms with Crippen LogP contribution in [-0.4, -0.2) is 71.2 Å². The largest absolute Gasteiger partial charge is 0.480 e. The van der Waals surface area contributed by atoms with Crippen LogP contribution in [0.4, 0.5) is 0 Å². The van der Waals surface area contributed by atoms with E-state index in [2.05, 4.69) is 16.0 Å². The second-order valence-electron chi connectivity index (χ2n) is 6.96. The molecule has 28 heavy (non-hydrogen) atoms. The van der Waals surface area contributed by atoms with Crippen molar-refractivity contribution < 1.29 is 29.4 Å². The van der Waals surface area contributed by atoms with E-state index in [1.165, 1.54) is 6.92 Å². The maximum atomic E-state index is 12.4. The third-order valence-corrected chi connectivity index (χ3v) is 4.09. The molecule has 9 N–H and O–H groups in total. The van der Waals surface area contributed by atoms with Crippen LogP contribution in [0.25, 0.3) is 0 Å². The van der Waals surface area contributed by atoms with Crippen molar-refractivity contribution in [2.24, 2.45) is 17.4 Å². The van der Waals surface area contributed by atoms with Gasteiger partial charge in [0.2, 0.25) is 17.7 Å². The Labute approximate surface area is 164 Å². The predicted molar refractivity (Wildman–Crippen MR) is 102 cm³/mol. The van der Waals surface area contributed by atoms with Crippen LogP contribution in [0.5, 0.6) is 0 Å². The molecule has 0 aromatic carbocycles. The van der Waals surface area contributed by atoms with Crippen LogP contribution in [-0.2, 0) is 19.2 Å². The number of carboxylic acid groups (broad SMARTS) is 1. The molecule has 11 nitrogen and oxygen atoms in total. The molecular formula is C17H33N5O6. The summed E-state index contributed by atoms with van der Waals surface area (Å²) in [5.41, 5.74) is 11.1. The van der Waals surface area contributed by atoms with Crippen LogP contribution >= 0.6 is 0 Å². The molecule has 0 aromatic rings. The standard InChI is InChI=1S/C17H33N5O6/c1-9(2)13(19)16(26)20-8-12(24)21-11(6-4-5-7-18)15(25)22-14(10(3)23)17(27)28/h9-11,13-14,23H,4-8,18-19H2,1-3H3,(H,20,26)(H,21,24)(H,22,25)(H,27,28). The second kappa shape index (κ2) is 13.0. The molecule has 3 amide bonds. The summed E-state index contributed by atoms with van der Waals surface area (Å²) in [6.45, 7) is 4.79. The smallest absolute Gasteiger partial charge is 0.328 e. The molecule has 0 saturated heterocycles. The van der Waals surface area contributed by atoms with Gasteiger partial charge < -0.3 is 37.6 Å². The van der Waals surface area contributed by atoms with Crippen molar-refractivity contribution in [2.75, 3.05) is 13.1 Å². The van der Waals surface area contributed by atoms with E-state index in [9.17, 15) is 24.3 Å². The molecule has 0 saturated carbocycles. The fraction of sp³-hybridized carbons (Fsp3) is 0.765. The molecule has 0 aliphatic heterocycles. The van der Waals surface area contributed by atoms with Gasteiger partial charge >= 0.3 is 5.97 Å². The maximum Gasteiger partial charge on any atom is 0.328 e. The van der Waals surface area contributed by atoms with Crippen molar-refractivity contribution in [1.29, 1.82) is 0 Å². The van der Waals surface area contributed by atoms with Crippen molar-refractivity contribution in [3.05, 3.63) is 0 Å². The number of hydrogen-bond donors (Lipinski definition) is 7. The Kier molecular flexibility index (Phi) is 12.0. The first kappa shape index (κ1) is 25.8. The summed E-state index contributed by atoms with van der Waals surface area (Å²) < 4.78 is 0. The third kappa shape index (κ3) is 9.62. The highest BCUT2D eigenvalue weighted by molar-refractivity contribution is 5.92. The van der Waals surface area contributed by atoms with Gasteiger partial charge in [-0.2, -0.15) is 0 Å². The summed E-state index contributed by atoms with van der Waals surface area (Å²) in [5, 5.41) is 25.6. The molecule has 0 radical (unpaired) electrons. The SMILES string of the molecule is CC(C)C(N)C(=O)NCC(=O)NC(CCCCN)C(=O)NC(C(=O)O)C(C)O. The summed E-state index contributed by atoms with van der Waals surface area (Å²) >= 11 is 0. The minimum Gasteiger partial charge on any atom is -0.480 e. The van der Waals surface area contributed by atoms with Gasteiger partial charge in [0, 0.05) is 0 Å². The van der Waals surface area contributed by atoms with Gasteiger partial charge in [0.1, 0.15) is 6.04 Å². The highest BCUT2D eigenvalue weighted by Gasteiger charge is 2.29. The van der Waals surface area contributed by atoms with Gasteiger partial charge in [0.05, 0.1) is 18.7 Å². The summed E-state index contributed by atoms with van der Waals surface area (Å²) in [5.74, 6) is -3.36. The van der Waals surface area contributed by atoms with Gasteiger partial charge in [0.25, 0.3) is 0 Å². The first-order chi connectivity index (χ1) is 13.0. The average Bonchev–Trinajstić information content (AvgIpc) is 2.61. The number of rotatable bonds is 13. The Morgan fingerprint density at radius 2 is 1.61 bits per heavy atom. The van der Waals surface area contributed by atoms with Crippen molar-refractivity contribution in [1.82, 2.24) is 16.0 Å². The van der Waals surface area contributed by atoms with Crippen molar-refractivity contribution in [3.63, 3.8) is 0 Å². The van der Waals surface area contributed by atoms with Gasteiger partial charge in [-0.15, -0.1) is 0 Å². The monoisotopic (exact) mass is 403 g/mol. The summed E-state index contributed by atoms with van der Waals surface area (Å²) in [4.78, 5) is 47.4. The second-order valence-corrected chi connectivity index (χ2v) is 6.96. The number of carbonyl (C=O) groups is 4. The summed E-state index contributed by atoms with van der Waals surface area (Å²) in [6, 6.07) is -3.31.